The minimum absolute atomic E-state index is 0. The number of hydrogen-bond donors (Lipinski definition) is 2. The molecule has 0 radical (unpaired) electrons. The highest BCUT2D eigenvalue weighted by Crippen LogP contribution is 2.28. The van der Waals surface area contributed by atoms with Gasteiger partial charge in [-0.25, -0.2) is 9.67 Å². The van der Waals surface area contributed by atoms with E-state index in [-0.39, 0.29) is 24.0 Å². The molecule has 5 nitrogen and oxygen atoms in total. The van der Waals surface area contributed by atoms with Crippen LogP contribution in [0.1, 0.15) is 31.7 Å². The van der Waals surface area contributed by atoms with E-state index in [4.69, 9.17) is 4.99 Å². The average Bonchev–Trinajstić information content (AvgIpc) is 3.32. The first-order chi connectivity index (χ1) is 12.3. The summed E-state index contributed by atoms with van der Waals surface area (Å²) in [6.07, 6.45) is 9.70. The number of guanidine groups is 1. The molecule has 2 atom stereocenters. The maximum atomic E-state index is 4.76. The molecule has 0 aliphatic heterocycles. The molecule has 0 saturated heterocycles. The van der Waals surface area contributed by atoms with Crippen molar-refractivity contribution >= 4 is 41.7 Å². The summed E-state index contributed by atoms with van der Waals surface area (Å²) >= 11 is 1.98. The van der Waals surface area contributed by atoms with Crippen LogP contribution in [0.25, 0.3) is 5.69 Å². The van der Waals surface area contributed by atoms with Crippen molar-refractivity contribution in [1.82, 2.24) is 20.4 Å². The Morgan fingerprint density at radius 2 is 2.12 bits per heavy atom. The molecule has 1 fully saturated rings. The number of aromatic nitrogens is 2. The summed E-state index contributed by atoms with van der Waals surface area (Å²) in [4.78, 5) is 4.76. The lowest BCUT2D eigenvalue weighted by Crippen LogP contribution is -2.42. The molecular weight excluding hydrogens is 457 g/mol. The van der Waals surface area contributed by atoms with Crippen molar-refractivity contribution in [1.29, 1.82) is 0 Å². The predicted octanol–water partition coefficient (Wildman–Crippen LogP) is 3.83. The van der Waals surface area contributed by atoms with Crippen molar-refractivity contribution in [2.45, 2.75) is 44.0 Å². The van der Waals surface area contributed by atoms with Gasteiger partial charge in [0.2, 0.25) is 0 Å². The number of thioether (sulfide) groups is 1. The van der Waals surface area contributed by atoms with Gasteiger partial charge in [-0.05, 0) is 56.2 Å². The highest BCUT2D eigenvalue weighted by Gasteiger charge is 2.24. The van der Waals surface area contributed by atoms with Gasteiger partial charge in [0.25, 0.3) is 0 Å². The molecule has 2 aromatic rings. The smallest absolute Gasteiger partial charge is 0.191 e. The second-order valence-corrected chi connectivity index (χ2v) is 7.46. The van der Waals surface area contributed by atoms with Gasteiger partial charge in [0.05, 0.1) is 12.2 Å². The van der Waals surface area contributed by atoms with Crippen molar-refractivity contribution in [3.8, 4) is 5.69 Å². The van der Waals surface area contributed by atoms with Crippen molar-refractivity contribution in [3.63, 3.8) is 0 Å². The zero-order valence-electron chi connectivity index (χ0n) is 15.4. The highest BCUT2D eigenvalue weighted by atomic mass is 127. The fraction of sp³-hybridized carbons (Fsp3) is 0.474. The fourth-order valence-corrected chi connectivity index (χ4v) is 3.94. The van der Waals surface area contributed by atoms with E-state index < -0.39 is 0 Å². The predicted molar refractivity (Wildman–Crippen MR) is 122 cm³/mol. The summed E-state index contributed by atoms with van der Waals surface area (Å²) < 4.78 is 1.86. The molecule has 0 amide bonds. The molecule has 1 aromatic carbocycles. The van der Waals surface area contributed by atoms with Gasteiger partial charge >= 0.3 is 0 Å². The van der Waals surface area contributed by atoms with Gasteiger partial charge < -0.3 is 10.6 Å². The van der Waals surface area contributed by atoms with Crippen LogP contribution in [0.2, 0.25) is 0 Å². The Kier molecular flexibility index (Phi) is 8.77. The second-order valence-electron chi connectivity index (χ2n) is 6.32. The third kappa shape index (κ3) is 5.90. The van der Waals surface area contributed by atoms with Crippen LogP contribution in [0.15, 0.2) is 47.7 Å². The average molecular weight is 485 g/mol. The third-order valence-electron chi connectivity index (χ3n) is 4.53. The topological polar surface area (TPSA) is 54.2 Å². The Balaban J connectivity index is 0.00000243. The number of benzene rings is 1. The van der Waals surface area contributed by atoms with E-state index in [0.717, 1.165) is 23.4 Å². The lowest BCUT2D eigenvalue weighted by molar-refractivity contribution is 0.615. The van der Waals surface area contributed by atoms with E-state index in [2.05, 4.69) is 53.2 Å². The van der Waals surface area contributed by atoms with E-state index in [1.807, 2.05) is 28.7 Å². The van der Waals surface area contributed by atoms with Gasteiger partial charge in [0.15, 0.2) is 5.96 Å². The Morgan fingerprint density at radius 1 is 1.31 bits per heavy atom. The number of rotatable bonds is 6. The van der Waals surface area contributed by atoms with Gasteiger partial charge in [-0.2, -0.15) is 16.9 Å². The van der Waals surface area contributed by atoms with Gasteiger partial charge in [-0.3, -0.25) is 0 Å². The standard InChI is InChI=1S/C19H27N5S.HI/c1-3-20-19(23-16-7-10-18(13-16)25-2)21-14-15-5-8-17(9-6-15)24-12-4-11-22-24;/h4-6,8-9,11-12,16,18H,3,7,10,13-14H2,1-2H3,(H2,20,21,23);1H. The van der Waals surface area contributed by atoms with Crippen molar-refractivity contribution in [3.05, 3.63) is 48.3 Å². The van der Waals surface area contributed by atoms with Crippen LogP contribution in [-0.2, 0) is 6.54 Å². The monoisotopic (exact) mass is 485 g/mol. The Hall–Kier alpha value is -1.22. The van der Waals surface area contributed by atoms with Gasteiger partial charge in [-0.15, -0.1) is 24.0 Å². The zero-order chi connectivity index (χ0) is 17.5. The van der Waals surface area contributed by atoms with Crippen LogP contribution in [0.5, 0.6) is 0 Å². The number of halogens is 1. The van der Waals surface area contributed by atoms with Gasteiger partial charge in [0, 0.05) is 30.2 Å². The molecule has 1 aliphatic rings. The van der Waals surface area contributed by atoms with Crippen molar-refractivity contribution in [2.75, 3.05) is 12.8 Å². The van der Waals surface area contributed by atoms with Gasteiger partial charge in [-0.1, -0.05) is 12.1 Å². The molecule has 1 saturated carbocycles. The zero-order valence-corrected chi connectivity index (χ0v) is 18.5. The summed E-state index contributed by atoms with van der Waals surface area (Å²) in [5, 5.41) is 12.0. The van der Waals surface area contributed by atoms with Crippen LogP contribution >= 0.6 is 35.7 Å². The summed E-state index contributed by atoms with van der Waals surface area (Å²) in [7, 11) is 0. The van der Waals surface area contributed by atoms with Crippen LogP contribution in [0, 0.1) is 0 Å². The molecule has 1 heterocycles. The fourth-order valence-electron chi connectivity index (χ4n) is 3.14. The first-order valence-electron chi connectivity index (χ1n) is 8.95. The molecule has 26 heavy (non-hydrogen) atoms. The van der Waals surface area contributed by atoms with Crippen LogP contribution < -0.4 is 10.6 Å². The molecule has 0 spiro atoms. The number of hydrogen-bond acceptors (Lipinski definition) is 3. The van der Waals surface area contributed by atoms with E-state index in [9.17, 15) is 0 Å². The second kappa shape index (κ2) is 10.8. The van der Waals surface area contributed by atoms with E-state index >= 15 is 0 Å². The third-order valence-corrected chi connectivity index (χ3v) is 5.62. The molecule has 142 valence electrons. The highest BCUT2D eigenvalue weighted by molar-refractivity contribution is 14.0. The minimum Gasteiger partial charge on any atom is -0.357 e. The first kappa shape index (κ1) is 21.1. The number of nitrogens with zero attached hydrogens (tertiary/aromatic N) is 3. The number of nitrogens with one attached hydrogen (secondary N) is 2. The summed E-state index contributed by atoms with van der Waals surface area (Å²) in [6, 6.07) is 10.9. The summed E-state index contributed by atoms with van der Waals surface area (Å²) in [5.41, 5.74) is 2.26. The molecular formula is C19H28IN5S. The molecule has 7 heteroatoms. The lowest BCUT2D eigenvalue weighted by Gasteiger charge is -2.17. The Labute approximate surface area is 177 Å². The summed E-state index contributed by atoms with van der Waals surface area (Å²) in [6.45, 7) is 3.66. The molecule has 1 aromatic heterocycles. The van der Waals surface area contributed by atoms with E-state index in [1.165, 1.54) is 24.8 Å². The minimum atomic E-state index is 0. The van der Waals surface area contributed by atoms with E-state index in [1.54, 1.807) is 6.20 Å². The Morgan fingerprint density at radius 3 is 2.73 bits per heavy atom. The first-order valence-corrected chi connectivity index (χ1v) is 10.2. The van der Waals surface area contributed by atoms with Crippen LogP contribution in [0.3, 0.4) is 0 Å². The Bertz CT molecular complexity index is 672. The maximum Gasteiger partial charge on any atom is 0.191 e. The van der Waals surface area contributed by atoms with Crippen LogP contribution in [-0.4, -0.2) is 39.8 Å². The molecule has 3 rings (SSSR count). The summed E-state index contributed by atoms with van der Waals surface area (Å²) in [5.74, 6) is 0.922. The van der Waals surface area contributed by atoms with Crippen LogP contribution in [0.4, 0.5) is 0 Å². The molecule has 2 N–H and O–H groups in total. The normalized spacial score (nSPS) is 19.8. The lowest BCUT2D eigenvalue weighted by atomic mass is 10.2. The molecule has 2 unspecified atom stereocenters. The molecule has 1 aliphatic carbocycles. The van der Waals surface area contributed by atoms with Gasteiger partial charge in [0.1, 0.15) is 0 Å². The SMILES string of the molecule is CCNC(=NCc1ccc(-n2cccn2)cc1)NC1CCC(SC)C1.I. The molecule has 0 bridgehead atoms. The van der Waals surface area contributed by atoms with Crippen molar-refractivity contribution < 1.29 is 0 Å². The largest absolute Gasteiger partial charge is 0.357 e. The van der Waals surface area contributed by atoms with Crippen molar-refractivity contribution in [2.24, 2.45) is 4.99 Å². The number of aliphatic imine (C=N–C) groups is 1. The van der Waals surface area contributed by atoms with E-state index in [0.29, 0.717) is 12.6 Å². The quantitative estimate of drug-likeness (QED) is 0.371. The maximum absolute atomic E-state index is 4.76.